The molecule has 4 heteroatoms. The predicted octanol–water partition coefficient (Wildman–Crippen LogP) is 1.61. The van der Waals surface area contributed by atoms with E-state index < -0.39 is 12.1 Å². The molecule has 4 rings (SSSR count). The number of carbonyl (C=O) groups is 1. The van der Waals surface area contributed by atoms with Gasteiger partial charge in [-0.05, 0) is 48.9 Å². The Hall–Kier alpha value is -1.39. The number of nitrogens with zero attached hydrogens (tertiary/aromatic N) is 1. The van der Waals surface area contributed by atoms with Crippen molar-refractivity contribution in [2.75, 3.05) is 19.6 Å². The lowest BCUT2D eigenvalue weighted by Crippen LogP contribution is -2.46. The maximum absolute atomic E-state index is 10.7. The summed E-state index contributed by atoms with van der Waals surface area (Å²) in [5.74, 6) is 0.134. The summed E-state index contributed by atoms with van der Waals surface area (Å²) in [6, 6.07) is 7.44. The quantitative estimate of drug-likeness (QED) is 0.868. The van der Waals surface area contributed by atoms with Crippen LogP contribution in [0.1, 0.15) is 36.0 Å². The fourth-order valence-electron chi connectivity index (χ4n) is 3.41. The van der Waals surface area contributed by atoms with Crippen LogP contribution in [0.2, 0.25) is 0 Å². The minimum Gasteiger partial charge on any atom is -0.479 e. The molecule has 2 N–H and O–H groups in total. The van der Waals surface area contributed by atoms with Gasteiger partial charge < -0.3 is 15.1 Å². The lowest BCUT2D eigenvalue weighted by atomic mass is 9.75. The van der Waals surface area contributed by atoms with E-state index in [1.165, 1.54) is 31.5 Å². The van der Waals surface area contributed by atoms with E-state index in [1.807, 2.05) is 12.1 Å². The second-order valence-electron chi connectivity index (χ2n) is 5.65. The molecule has 0 saturated carbocycles. The van der Waals surface area contributed by atoms with Crippen LogP contribution < -0.4 is 0 Å². The van der Waals surface area contributed by atoms with Gasteiger partial charge in [0.15, 0.2) is 6.10 Å². The van der Waals surface area contributed by atoms with E-state index in [1.54, 1.807) is 12.1 Å². The molecule has 0 aliphatic carbocycles. The molecule has 2 bridgehead atoms. The van der Waals surface area contributed by atoms with Crippen LogP contribution in [0.3, 0.4) is 0 Å². The molecular weight excluding hydrogens is 242 g/mol. The normalized spacial score (nSPS) is 31.1. The van der Waals surface area contributed by atoms with Crippen LogP contribution in [0.25, 0.3) is 0 Å². The number of fused-ring (bicyclic) bond motifs is 3. The first kappa shape index (κ1) is 12.6. The summed E-state index contributed by atoms with van der Waals surface area (Å²) in [7, 11) is 0. The lowest BCUT2D eigenvalue weighted by Gasteiger charge is -2.45. The Labute approximate surface area is 112 Å². The first-order valence-corrected chi connectivity index (χ1v) is 6.88. The Morgan fingerprint density at radius 1 is 1.21 bits per heavy atom. The summed E-state index contributed by atoms with van der Waals surface area (Å²) >= 11 is 0. The molecule has 19 heavy (non-hydrogen) atoms. The highest BCUT2D eigenvalue weighted by molar-refractivity contribution is 5.73. The standard InChI is InChI=1S/C15H19NO3/c17-14(15(18)19)12-3-1-10(2-4-12)13-9-16-7-5-11(13)6-8-16/h1-4,11,13-14,17H,5-9H2,(H,18,19). The Morgan fingerprint density at radius 2 is 1.84 bits per heavy atom. The molecule has 3 fully saturated rings. The van der Waals surface area contributed by atoms with Gasteiger partial charge >= 0.3 is 5.97 Å². The van der Waals surface area contributed by atoms with Crippen LogP contribution in [0, 0.1) is 5.92 Å². The van der Waals surface area contributed by atoms with Gasteiger partial charge in [-0.25, -0.2) is 4.79 Å². The molecule has 2 unspecified atom stereocenters. The highest BCUT2D eigenvalue weighted by Gasteiger charge is 2.34. The second-order valence-corrected chi connectivity index (χ2v) is 5.65. The first-order chi connectivity index (χ1) is 9.15. The van der Waals surface area contributed by atoms with Crippen molar-refractivity contribution in [2.24, 2.45) is 5.92 Å². The van der Waals surface area contributed by atoms with E-state index in [-0.39, 0.29) is 0 Å². The number of rotatable bonds is 3. The number of benzene rings is 1. The van der Waals surface area contributed by atoms with Crippen LogP contribution in [0.5, 0.6) is 0 Å². The SMILES string of the molecule is O=C(O)C(O)c1ccc(C2CN3CCC2CC3)cc1. The van der Waals surface area contributed by atoms with Crippen LogP contribution in [0.4, 0.5) is 0 Å². The zero-order chi connectivity index (χ0) is 13.4. The van der Waals surface area contributed by atoms with E-state index in [9.17, 15) is 9.90 Å². The van der Waals surface area contributed by atoms with Crippen molar-refractivity contribution in [3.8, 4) is 0 Å². The van der Waals surface area contributed by atoms with Gasteiger partial charge in [0.1, 0.15) is 0 Å². The maximum atomic E-state index is 10.7. The van der Waals surface area contributed by atoms with E-state index in [0.717, 1.165) is 12.5 Å². The Morgan fingerprint density at radius 3 is 2.32 bits per heavy atom. The first-order valence-electron chi connectivity index (χ1n) is 6.88. The molecule has 3 saturated heterocycles. The van der Waals surface area contributed by atoms with E-state index in [4.69, 9.17) is 5.11 Å². The average Bonchev–Trinajstić information content (AvgIpc) is 2.47. The maximum Gasteiger partial charge on any atom is 0.337 e. The van der Waals surface area contributed by atoms with Crippen molar-refractivity contribution in [3.63, 3.8) is 0 Å². The average molecular weight is 261 g/mol. The topological polar surface area (TPSA) is 60.8 Å². The third-order valence-electron chi connectivity index (χ3n) is 4.57. The molecule has 1 aromatic rings. The molecule has 0 aromatic heterocycles. The molecule has 2 atom stereocenters. The number of carboxylic acids is 1. The fraction of sp³-hybridized carbons (Fsp3) is 0.533. The minimum atomic E-state index is -1.42. The van der Waals surface area contributed by atoms with Gasteiger partial charge in [-0.15, -0.1) is 0 Å². The number of carboxylic acid groups (broad SMARTS) is 1. The molecule has 3 heterocycles. The molecule has 0 spiro atoms. The van der Waals surface area contributed by atoms with E-state index in [2.05, 4.69) is 4.90 Å². The zero-order valence-electron chi connectivity index (χ0n) is 10.8. The third kappa shape index (κ3) is 2.38. The summed E-state index contributed by atoms with van der Waals surface area (Å²) in [6.45, 7) is 3.56. The number of aliphatic carboxylic acids is 1. The lowest BCUT2D eigenvalue weighted by molar-refractivity contribution is -0.146. The van der Waals surface area contributed by atoms with E-state index in [0.29, 0.717) is 11.5 Å². The molecule has 0 amide bonds. The number of hydrogen-bond donors (Lipinski definition) is 2. The van der Waals surface area contributed by atoms with Gasteiger partial charge in [-0.2, -0.15) is 0 Å². The van der Waals surface area contributed by atoms with Crippen LogP contribution >= 0.6 is 0 Å². The smallest absolute Gasteiger partial charge is 0.337 e. The van der Waals surface area contributed by atoms with Crippen molar-refractivity contribution in [2.45, 2.75) is 24.9 Å². The number of aliphatic hydroxyl groups excluding tert-OH is 1. The minimum absolute atomic E-state index is 0.456. The summed E-state index contributed by atoms with van der Waals surface area (Å²) in [5, 5.41) is 18.3. The molecule has 4 nitrogen and oxygen atoms in total. The van der Waals surface area contributed by atoms with E-state index >= 15 is 0 Å². The molecule has 0 radical (unpaired) electrons. The molecule has 3 aliphatic rings. The second kappa shape index (κ2) is 4.94. The van der Waals surface area contributed by atoms with Gasteiger partial charge in [-0.1, -0.05) is 24.3 Å². The molecule has 102 valence electrons. The van der Waals surface area contributed by atoms with Crippen LogP contribution in [0.15, 0.2) is 24.3 Å². The highest BCUT2D eigenvalue weighted by Crippen LogP contribution is 2.39. The van der Waals surface area contributed by atoms with Crippen LogP contribution in [-0.4, -0.2) is 40.7 Å². The molecular formula is C15H19NO3. The van der Waals surface area contributed by atoms with Crippen molar-refractivity contribution < 1.29 is 15.0 Å². The van der Waals surface area contributed by atoms with Crippen LogP contribution in [-0.2, 0) is 4.79 Å². The Bertz CT molecular complexity index is 463. The summed E-state index contributed by atoms with van der Waals surface area (Å²) in [6.07, 6.45) is 1.12. The zero-order valence-corrected chi connectivity index (χ0v) is 10.8. The number of aliphatic hydroxyl groups is 1. The Balaban J connectivity index is 1.77. The van der Waals surface area contributed by atoms with Crippen molar-refractivity contribution in [1.29, 1.82) is 0 Å². The summed E-state index contributed by atoms with van der Waals surface area (Å²) in [5.41, 5.74) is 1.73. The fourth-order valence-corrected chi connectivity index (χ4v) is 3.41. The Kier molecular flexibility index (Phi) is 3.29. The van der Waals surface area contributed by atoms with Gasteiger partial charge in [0.25, 0.3) is 0 Å². The number of hydrogen-bond acceptors (Lipinski definition) is 3. The summed E-state index contributed by atoms with van der Waals surface area (Å²) < 4.78 is 0. The largest absolute Gasteiger partial charge is 0.479 e. The predicted molar refractivity (Wildman–Crippen MR) is 70.9 cm³/mol. The van der Waals surface area contributed by atoms with Crippen molar-refractivity contribution >= 4 is 5.97 Å². The monoisotopic (exact) mass is 261 g/mol. The molecule has 3 aliphatic heterocycles. The highest BCUT2D eigenvalue weighted by atomic mass is 16.4. The number of piperidine rings is 3. The van der Waals surface area contributed by atoms with Gasteiger partial charge in [0, 0.05) is 6.54 Å². The van der Waals surface area contributed by atoms with Gasteiger partial charge in [0.05, 0.1) is 0 Å². The van der Waals surface area contributed by atoms with Crippen molar-refractivity contribution in [1.82, 2.24) is 4.90 Å². The van der Waals surface area contributed by atoms with Gasteiger partial charge in [-0.3, -0.25) is 0 Å². The third-order valence-corrected chi connectivity index (χ3v) is 4.57. The summed E-state index contributed by atoms with van der Waals surface area (Å²) in [4.78, 5) is 13.2. The van der Waals surface area contributed by atoms with Gasteiger partial charge in [0.2, 0.25) is 0 Å². The molecule has 1 aromatic carbocycles. The van der Waals surface area contributed by atoms with Crippen molar-refractivity contribution in [3.05, 3.63) is 35.4 Å².